The number of amides is 3. The van der Waals surface area contributed by atoms with Crippen molar-refractivity contribution in [3.05, 3.63) is 0 Å². The summed E-state index contributed by atoms with van der Waals surface area (Å²) in [6.45, 7) is 9.15. The third kappa shape index (κ3) is 3.76. The first kappa shape index (κ1) is 15.6. The van der Waals surface area contributed by atoms with Gasteiger partial charge in [-0.1, -0.05) is 13.8 Å². The highest BCUT2D eigenvalue weighted by atomic mass is 16.2. The average molecular weight is 269 g/mol. The second kappa shape index (κ2) is 5.69. The van der Waals surface area contributed by atoms with Gasteiger partial charge in [-0.2, -0.15) is 0 Å². The molecule has 1 heterocycles. The van der Waals surface area contributed by atoms with Crippen LogP contribution in [-0.2, 0) is 14.4 Å². The number of nitrogens with zero attached hydrogens (tertiary/aromatic N) is 1. The Hall–Kier alpha value is -1.43. The van der Waals surface area contributed by atoms with E-state index in [1.807, 2.05) is 20.8 Å². The summed E-state index contributed by atoms with van der Waals surface area (Å²) in [7, 11) is 0. The zero-order chi connectivity index (χ0) is 14.8. The lowest BCUT2D eigenvalue weighted by Crippen LogP contribution is -2.65. The maximum atomic E-state index is 12.1. The topological polar surface area (TPSA) is 78.5 Å². The number of rotatable bonds is 4. The van der Waals surface area contributed by atoms with Gasteiger partial charge in [0.15, 0.2) is 0 Å². The summed E-state index contributed by atoms with van der Waals surface area (Å²) in [6.07, 6.45) is 0. The fourth-order valence-electron chi connectivity index (χ4n) is 1.69. The predicted octanol–water partition coefficient (Wildman–Crippen LogP) is -0.116. The van der Waals surface area contributed by atoms with Crippen LogP contribution in [0.3, 0.4) is 0 Å². The van der Waals surface area contributed by atoms with Crippen LogP contribution < -0.4 is 10.6 Å². The largest absolute Gasteiger partial charge is 0.352 e. The summed E-state index contributed by atoms with van der Waals surface area (Å²) < 4.78 is 0. The third-order valence-electron chi connectivity index (χ3n) is 3.45. The molecule has 1 rings (SSSR count). The molecule has 1 atom stereocenters. The van der Waals surface area contributed by atoms with Crippen molar-refractivity contribution >= 4 is 17.7 Å². The Morgan fingerprint density at radius 1 is 1.37 bits per heavy atom. The van der Waals surface area contributed by atoms with Gasteiger partial charge in [0.25, 0.3) is 0 Å². The first-order chi connectivity index (χ1) is 8.65. The minimum Gasteiger partial charge on any atom is -0.352 e. The van der Waals surface area contributed by atoms with E-state index in [1.54, 1.807) is 13.8 Å². The second-order valence-electron chi connectivity index (χ2n) is 5.86. The molecule has 0 aromatic rings. The molecular weight excluding hydrogens is 246 g/mol. The molecular formula is C13H23N3O3. The summed E-state index contributed by atoms with van der Waals surface area (Å²) in [5.41, 5.74) is -0.808. The van der Waals surface area contributed by atoms with Gasteiger partial charge in [0.2, 0.25) is 17.7 Å². The number of hydrogen-bond donors (Lipinski definition) is 2. The van der Waals surface area contributed by atoms with Gasteiger partial charge in [0.1, 0.15) is 6.54 Å². The van der Waals surface area contributed by atoms with E-state index in [0.29, 0.717) is 5.92 Å². The molecule has 0 aromatic carbocycles. The maximum Gasteiger partial charge on any atom is 0.249 e. The normalized spacial score (nSPS) is 20.6. The van der Waals surface area contributed by atoms with E-state index in [4.69, 9.17) is 0 Å². The second-order valence-corrected chi connectivity index (χ2v) is 5.86. The van der Waals surface area contributed by atoms with Crippen molar-refractivity contribution in [2.75, 3.05) is 13.1 Å². The van der Waals surface area contributed by atoms with Crippen LogP contribution in [0, 0.1) is 5.92 Å². The first-order valence-electron chi connectivity index (χ1n) is 6.54. The molecule has 0 bridgehead atoms. The zero-order valence-corrected chi connectivity index (χ0v) is 12.2. The Labute approximate surface area is 113 Å². The third-order valence-corrected chi connectivity index (χ3v) is 3.45. The molecule has 1 aliphatic heterocycles. The van der Waals surface area contributed by atoms with Gasteiger partial charge in [-0.3, -0.25) is 24.6 Å². The van der Waals surface area contributed by atoms with E-state index in [-0.39, 0.29) is 36.9 Å². The molecule has 1 aliphatic rings. The van der Waals surface area contributed by atoms with E-state index in [2.05, 4.69) is 10.6 Å². The number of piperazine rings is 1. The highest BCUT2D eigenvalue weighted by molar-refractivity contribution is 6.05. The molecule has 108 valence electrons. The average Bonchev–Trinajstić information content (AvgIpc) is 2.30. The Kier molecular flexibility index (Phi) is 4.68. The lowest BCUT2D eigenvalue weighted by atomic mass is 10.0. The quantitative estimate of drug-likeness (QED) is 0.698. The Bertz CT molecular complexity index is 391. The van der Waals surface area contributed by atoms with Gasteiger partial charge in [-0.15, -0.1) is 0 Å². The predicted molar refractivity (Wildman–Crippen MR) is 71.2 cm³/mol. The van der Waals surface area contributed by atoms with Crippen molar-refractivity contribution in [2.24, 2.45) is 5.92 Å². The molecule has 0 aliphatic carbocycles. The van der Waals surface area contributed by atoms with Crippen molar-refractivity contribution in [1.82, 2.24) is 15.5 Å². The number of nitrogens with one attached hydrogen (secondary N) is 2. The Morgan fingerprint density at radius 2 is 1.95 bits per heavy atom. The van der Waals surface area contributed by atoms with Gasteiger partial charge in [0.05, 0.1) is 12.1 Å². The molecule has 1 fully saturated rings. The van der Waals surface area contributed by atoms with Gasteiger partial charge in [-0.25, -0.2) is 0 Å². The summed E-state index contributed by atoms with van der Waals surface area (Å²) >= 11 is 0. The van der Waals surface area contributed by atoms with Crippen molar-refractivity contribution < 1.29 is 14.4 Å². The zero-order valence-electron chi connectivity index (χ0n) is 12.2. The minimum absolute atomic E-state index is 0.00799. The van der Waals surface area contributed by atoms with E-state index in [9.17, 15) is 14.4 Å². The summed E-state index contributed by atoms with van der Waals surface area (Å²) in [6, 6.07) is 0.00799. The van der Waals surface area contributed by atoms with Crippen LogP contribution in [0.2, 0.25) is 0 Å². The summed E-state index contributed by atoms with van der Waals surface area (Å²) in [5.74, 6) is -0.733. The maximum absolute atomic E-state index is 12.1. The van der Waals surface area contributed by atoms with Crippen molar-refractivity contribution in [3.8, 4) is 0 Å². The molecule has 0 aromatic heterocycles. The molecule has 0 saturated carbocycles. The molecule has 1 saturated heterocycles. The van der Waals surface area contributed by atoms with Crippen LogP contribution in [0.25, 0.3) is 0 Å². The van der Waals surface area contributed by atoms with Crippen LogP contribution in [0.5, 0.6) is 0 Å². The number of imide groups is 1. The van der Waals surface area contributed by atoms with Gasteiger partial charge in [0, 0.05) is 6.04 Å². The molecule has 0 radical (unpaired) electrons. The molecule has 0 spiro atoms. The van der Waals surface area contributed by atoms with E-state index >= 15 is 0 Å². The molecule has 6 nitrogen and oxygen atoms in total. The van der Waals surface area contributed by atoms with E-state index in [1.165, 1.54) is 0 Å². The lowest BCUT2D eigenvalue weighted by Gasteiger charge is -2.36. The van der Waals surface area contributed by atoms with Gasteiger partial charge >= 0.3 is 0 Å². The van der Waals surface area contributed by atoms with E-state index in [0.717, 1.165) is 4.90 Å². The highest BCUT2D eigenvalue weighted by Crippen LogP contribution is 2.13. The van der Waals surface area contributed by atoms with Crippen molar-refractivity contribution in [2.45, 2.75) is 46.2 Å². The van der Waals surface area contributed by atoms with Gasteiger partial charge < -0.3 is 5.32 Å². The summed E-state index contributed by atoms with van der Waals surface area (Å²) in [4.78, 5) is 36.7. The number of hydrogen-bond acceptors (Lipinski definition) is 4. The lowest BCUT2D eigenvalue weighted by molar-refractivity contribution is -0.154. The Morgan fingerprint density at radius 3 is 2.47 bits per heavy atom. The number of carbonyl (C=O) groups is 3. The van der Waals surface area contributed by atoms with Crippen LogP contribution in [-0.4, -0.2) is 47.3 Å². The van der Waals surface area contributed by atoms with Gasteiger partial charge in [-0.05, 0) is 26.7 Å². The molecule has 1 unspecified atom stereocenters. The molecule has 19 heavy (non-hydrogen) atoms. The highest BCUT2D eigenvalue weighted by Gasteiger charge is 2.40. The van der Waals surface area contributed by atoms with Crippen molar-refractivity contribution in [3.63, 3.8) is 0 Å². The molecule has 3 amide bonds. The summed E-state index contributed by atoms with van der Waals surface area (Å²) in [5, 5.41) is 5.64. The SMILES string of the molecule is CC(C)C(C)NC(=O)CN1C(=O)CNC(C)(C)C1=O. The van der Waals surface area contributed by atoms with Crippen LogP contribution >= 0.6 is 0 Å². The van der Waals surface area contributed by atoms with Crippen LogP contribution in [0.4, 0.5) is 0 Å². The fourth-order valence-corrected chi connectivity index (χ4v) is 1.69. The monoisotopic (exact) mass is 269 g/mol. The standard InChI is InChI=1S/C13H23N3O3/c1-8(2)9(3)15-10(17)7-16-11(18)6-14-13(4,5)12(16)19/h8-9,14H,6-7H2,1-5H3,(H,15,17). The number of carbonyl (C=O) groups excluding carboxylic acids is 3. The van der Waals surface area contributed by atoms with Crippen molar-refractivity contribution in [1.29, 1.82) is 0 Å². The molecule has 6 heteroatoms. The van der Waals surface area contributed by atoms with Crippen LogP contribution in [0.1, 0.15) is 34.6 Å². The minimum atomic E-state index is -0.808. The smallest absolute Gasteiger partial charge is 0.249 e. The first-order valence-corrected chi connectivity index (χ1v) is 6.54. The van der Waals surface area contributed by atoms with Crippen LogP contribution in [0.15, 0.2) is 0 Å². The Balaban J connectivity index is 2.66. The molecule has 2 N–H and O–H groups in total. The van der Waals surface area contributed by atoms with E-state index < -0.39 is 5.54 Å². The fraction of sp³-hybridized carbons (Fsp3) is 0.769.